The van der Waals surface area contributed by atoms with E-state index in [0.717, 1.165) is 0 Å². The van der Waals surface area contributed by atoms with Crippen LogP contribution in [0.15, 0.2) is 113 Å². The molecule has 2 amide bonds. The van der Waals surface area contributed by atoms with Crippen LogP contribution in [0.5, 0.6) is 17.2 Å². The second-order valence-electron chi connectivity index (χ2n) is 8.93. The average molecular weight is 547 g/mol. The molecule has 0 atom stereocenters. The Morgan fingerprint density at radius 2 is 1.51 bits per heavy atom. The van der Waals surface area contributed by atoms with E-state index in [2.05, 4.69) is 20.9 Å². The van der Waals surface area contributed by atoms with E-state index in [4.69, 9.17) is 9.47 Å². The zero-order valence-corrected chi connectivity index (χ0v) is 22.3. The predicted octanol–water partition coefficient (Wildman–Crippen LogP) is 7.48. The summed E-state index contributed by atoms with van der Waals surface area (Å²) in [6.07, 6.45) is 0. The summed E-state index contributed by atoms with van der Waals surface area (Å²) >= 11 is 0. The standard InChI is InChI=1S/C32H26N4O5/c1-40-24-13-8-11-22(19-24)33-31(38)21-10-7-12-23(17-21)35-36-29-25-14-4-3-9-20(25)18-26(30(29)37)32(39)34-27-15-5-6-16-28(27)41-2/h3-19,37H,1-2H3,(H,33,38)(H,34,39). The van der Waals surface area contributed by atoms with Crippen molar-refractivity contribution in [2.24, 2.45) is 10.2 Å². The number of methoxy groups -OCH3 is 2. The largest absolute Gasteiger partial charge is 0.505 e. The Labute approximate surface area is 236 Å². The molecule has 0 saturated carbocycles. The number of carbonyl (C=O) groups is 2. The fraction of sp³-hybridized carbons (Fsp3) is 0.0625. The number of nitrogens with one attached hydrogen (secondary N) is 2. The second kappa shape index (κ2) is 12.0. The maximum absolute atomic E-state index is 13.2. The molecule has 0 bridgehead atoms. The van der Waals surface area contributed by atoms with E-state index in [0.29, 0.717) is 44.9 Å². The lowest BCUT2D eigenvalue weighted by molar-refractivity contribution is 0.101. The minimum Gasteiger partial charge on any atom is -0.505 e. The molecule has 9 nitrogen and oxygen atoms in total. The first kappa shape index (κ1) is 26.9. The first-order valence-electron chi connectivity index (χ1n) is 12.6. The van der Waals surface area contributed by atoms with E-state index in [1.807, 2.05) is 12.1 Å². The number of fused-ring (bicyclic) bond motifs is 1. The number of benzene rings is 5. The van der Waals surface area contributed by atoms with Gasteiger partial charge in [-0.15, -0.1) is 5.11 Å². The third-order valence-electron chi connectivity index (χ3n) is 6.30. The van der Waals surface area contributed by atoms with Crippen LogP contribution in [0.4, 0.5) is 22.7 Å². The van der Waals surface area contributed by atoms with E-state index >= 15 is 0 Å². The molecule has 5 rings (SSSR count). The molecule has 0 radical (unpaired) electrons. The van der Waals surface area contributed by atoms with Crippen LogP contribution in [0.3, 0.4) is 0 Å². The number of phenols is 1. The summed E-state index contributed by atoms with van der Waals surface area (Å²) < 4.78 is 10.5. The fourth-order valence-electron chi connectivity index (χ4n) is 4.25. The molecule has 0 saturated heterocycles. The van der Waals surface area contributed by atoms with E-state index in [1.54, 1.807) is 98.1 Å². The van der Waals surface area contributed by atoms with Crippen LogP contribution in [0.25, 0.3) is 10.8 Å². The molecule has 0 aliphatic heterocycles. The number of para-hydroxylation sites is 2. The lowest BCUT2D eigenvalue weighted by Gasteiger charge is -2.13. The van der Waals surface area contributed by atoms with E-state index in [1.165, 1.54) is 7.11 Å². The number of phenolic OH excluding ortho intramolecular Hbond substituents is 1. The highest BCUT2D eigenvalue weighted by atomic mass is 16.5. The van der Waals surface area contributed by atoms with Crippen LogP contribution >= 0.6 is 0 Å². The summed E-state index contributed by atoms with van der Waals surface area (Å²) in [5.41, 5.74) is 1.94. The Kier molecular flexibility index (Phi) is 7.87. The molecule has 5 aromatic rings. The van der Waals surface area contributed by atoms with E-state index in [9.17, 15) is 14.7 Å². The van der Waals surface area contributed by atoms with Gasteiger partial charge in [-0.2, -0.15) is 5.11 Å². The molecule has 204 valence electrons. The van der Waals surface area contributed by atoms with Gasteiger partial charge in [0, 0.05) is 22.7 Å². The van der Waals surface area contributed by atoms with Gasteiger partial charge in [0.05, 0.1) is 31.2 Å². The molecule has 0 unspecified atom stereocenters. The minimum absolute atomic E-state index is 0.0231. The molecule has 41 heavy (non-hydrogen) atoms. The van der Waals surface area contributed by atoms with Crippen LogP contribution in [-0.2, 0) is 0 Å². The van der Waals surface area contributed by atoms with Crippen molar-refractivity contribution in [2.75, 3.05) is 24.9 Å². The van der Waals surface area contributed by atoms with Crippen molar-refractivity contribution >= 4 is 45.3 Å². The Morgan fingerprint density at radius 3 is 2.34 bits per heavy atom. The van der Waals surface area contributed by atoms with Crippen molar-refractivity contribution in [2.45, 2.75) is 0 Å². The number of hydrogen-bond donors (Lipinski definition) is 3. The quantitative estimate of drug-likeness (QED) is 0.174. The van der Waals surface area contributed by atoms with Crippen LogP contribution < -0.4 is 20.1 Å². The fourth-order valence-corrected chi connectivity index (χ4v) is 4.25. The van der Waals surface area contributed by atoms with Crippen LogP contribution in [0.2, 0.25) is 0 Å². The zero-order chi connectivity index (χ0) is 28.8. The SMILES string of the molecule is COc1cccc(NC(=O)c2cccc(N=Nc3c(O)c(C(=O)Nc4ccccc4OC)cc4ccccc34)c2)c1. The number of nitrogens with zero attached hydrogens (tertiary/aromatic N) is 2. The lowest BCUT2D eigenvalue weighted by atomic mass is 10.0. The molecule has 5 aromatic carbocycles. The molecule has 0 aromatic heterocycles. The topological polar surface area (TPSA) is 122 Å². The zero-order valence-electron chi connectivity index (χ0n) is 22.3. The van der Waals surface area contributed by atoms with E-state index < -0.39 is 5.91 Å². The highest BCUT2D eigenvalue weighted by molar-refractivity contribution is 6.12. The number of ether oxygens (including phenoxy) is 2. The molecule has 3 N–H and O–H groups in total. The lowest BCUT2D eigenvalue weighted by Crippen LogP contribution is -2.13. The maximum atomic E-state index is 13.2. The van der Waals surface area contributed by atoms with Crippen LogP contribution in [0, 0.1) is 0 Å². The number of hydrogen-bond acceptors (Lipinski definition) is 7. The van der Waals surface area contributed by atoms with Gasteiger partial charge in [-0.3, -0.25) is 9.59 Å². The molecule has 0 heterocycles. The predicted molar refractivity (Wildman–Crippen MR) is 158 cm³/mol. The van der Waals surface area contributed by atoms with Crippen LogP contribution in [-0.4, -0.2) is 31.1 Å². The second-order valence-corrected chi connectivity index (χ2v) is 8.93. The first-order valence-corrected chi connectivity index (χ1v) is 12.6. The highest BCUT2D eigenvalue weighted by Gasteiger charge is 2.19. The molecule has 0 fully saturated rings. The van der Waals surface area contributed by atoms with Gasteiger partial charge in [0.15, 0.2) is 5.75 Å². The number of anilines is 2. The normalized spacial score (nSPS) is 10.9. The van der Waals surface area contributed by atoms with Gasteiger partial charge >= 0.3 is 0 Å². The summed E-state index contributed by atoms with van der Waals surface area (Å²) in [5.74, 6) is -0.0941. The maximum Gasteiger partial charge on any atom is 0.259 e. The number of carbonyl (C=O) groups excluding carboxylic acids is 2. The van der Waals surface area contributed by atoms with E-state index in [-0.39, 0.29) is 22.9 Å². The van der Waals surface area contributed by atoms with Crippen molar-refractivity contribution in [1.29, 1.82) is 0 Å². The molecular weight excluding hydrogens is 520 g/mol. The van der Waals surface area contributed by atoms with Gasteiger partial charge in [0.25, 0.3) is 11.8 Å². The monoisotopic (exact) mass is 546 g/mol. The van der Waals surface area contributed by atoms with Crippen molar-refractivity contribution < 1.29 is 24.2 Å². The first-order chi connectivity index (χ1) is 20.0. The Hall–Kier alpha value is -5.70. The van der Waals surface area contributed by atoms with Crippen molar-refractivity contribution in [3.05, 3.63) is 114 Å². The van der Waals surface area contributed by atoms with Crippen LogP contribution in [0.1, 0.15) is 20.7 Å². The third-order valence-corrected chi connectivity index (χ3v) is 6.30. The van der Waals surface area contributed by atoms with Gasteiger partial charge in [-0.05, 0) is 53.9 Å². The number of amides is 2. The minimum atomic E-state index is -0.537. The molecule has 0 spiro atoms. The molecule has 0 aliphatic carbocycles. The van der Waals surface area contributed by atoms with Gasteiger partial charge in [-0.25, -0.2) is 0 Å². The Bertz CT molecular complexity index is 1780. The molecular formula is C32H26N4O5. The van der Waals surface area contributed by atoms with Gasteiger partial charge in [-0.1, -0.05) is 48.5 Å². The smallest absolute Gasteiger partial charge is 0.259 e. The molecule has 9 heteroatoms. The van der Waals surface area contributed by atoms with Crippen molar-refractivity contribution in [3.8, 4) is 17.2 Å². The van der Waals surface area contributed by atoms with Gasteiger partial charge < -0.3 is 25.2 Å². The Balaban J connectivity index is 1.45. The summed E-state index contributed by atoms with van der Waals surface area (Å²) in [6.45, 7) is 0. The summed E-state index contributed by atoms with van der Waals surface area (Å²) in [4.78, 5) is 26.1. The number of azo groups is 1. The molecule has 0 aliphatic rings. The van der Waals surface area contributed by atoms with Crippen molar-refractivity contribution in [3.63, 3.8) is 0 Å². The number of rotatable bonds is 8. The third kappa shape index (κ3) is 5.99. The van der Waals surface area contributed by atoms with Gasteiger partial charge in [0.2, 0.25) is 0 Å². The number of aromatic hydroxyl groups is 1. The Morgan fingerprint density at radius 1 is 0.732 bits per heavy atom. The summed E-state index contributed by atoms with van der Waals surface area (Å²) in [7, 11) is 3.06. The summed E-state index contributed by atoms with van der Waals surface area (Å²) in [5, 5.41) is 26.7. The highest BCUT2D eigenvalue weighted by Crippen LogP contribution is 2.40. The summed E-state index contributed by atoms with van der Waals surface area (Å²) in [6, 6.07) is 29.4. The van der Waals surface area contributed by atoms with Crippen molar-refractivity contribution in [1.82, 2.24) is 0 Å². The average Bonchev–Trinajstić information content (AvgIpc) is 3.00. The van der Waals surface area contributed by atoms with Gasteiger partial charge in [0.1, 0.15) is 17.2 Å².